The highest BCUT2D eigenvalue weighted by molar-refractivity contribution is 6.30. The fourth-order valence-corrected chi connectivity index (χ4v) is 2.85. The third kappa shape index (κ3) is 2.94. The van der Waals surface area contributed by atoms with Crippen LogP contribution in [0, 0.1) is 18.3 Å². The summed E-state index contributed by atoms with van der Waals surface area (Å²) in [5.74, 6) is 0. The highest BCUT2D eigenvalue weighted by Gasteiger charge is 2.16. The van der Waals surface area contributed by atoms with Crippen molar-refractivity contribution >= 4 is 23.2 Å². The second-order valence-corrected chi connectivity index (χ2v) is 6.19. The number of benzene rings is 2. The Labute approximate surface area is 149 Å². The van der Waals surface area contributed by atoms with Crippen molar-refractivity contribution in [2.75, 3.05) is 0 Å². The molecule has 0 aliphatic rings. The lowest BCUT2D eigenvalue weighted by molar-refractivity contribution is 0.985. The molecular weight excluding hydrogens is 343 g/mol. The zero-order valence-electron chi connectivity index (χ0n) is 12.8. The van der Waals surface area contributed by atoms with E-state index in [1.807, 2.05) is 0 Å². The Morgan fingerprint density at radius 3 is 2.04 bits per heavy atom. The Bertz CT molecular complexity index is 998. The van der Waals surface area contributed by atoms with E-state index in [4.69, 9.17) is 23.2 Å². The summed E-state index contributed by atoms with van der Waals surface area (Å²) < 4.78 is 1.52. The van der Waals surface area contributed by atoms with Gasteiger partial charge in [-0.1, -0.05) is 35.3 Å². The SMILES string of the molecule is Cc1cc(=O)n(-c2ccc(Cl)cc2)c(-c2ccc(Cl)cc2)c1C#N. The van der Waals surface area contributed by atoms with E-state index in [1.54, 1.807) is 55.5 Å². The van der Waals surface area contributed by atoms with Crippen LogP contribution < -0.4 is 5.56 Å². The molecule has 0 spiro atoms. The Morgan fingerprint density at radius 1 is 0.958 bits per heavy atom. The zero-order valence-corrected chi connectivity index (χ0v) is 14.3. The van der Waals surface area contributed by atoms with Crippen molar-refractivity contribution in [1.82, 2.24) is 4.57 Å². The molecule has 1 heterocycles. The second kappa shape index (κ2) is 6.52. The Balaban J connectivity index is 2.40. The van der Waals surface area contributed by atoms with Crippen LogP contribution in [0.1, 0.15) is 11.1 Å². The number of nitriles is 1. The Morgan fingerprint density at radius 2 is 1.50 bits per heavy atom. The van der Waals surface area contributed by atoms with E-state index >= 15 is 0 Å². The molecule has 0 atom stereocenters. The summed E-state index contributed by atoms with van der Waals surface area (Å²) in [5.41, 5.74) is 2.81. The summed E-state index contributed by atoms with van der Waals surface area (Å²) in [6, 6.07) is 17.6. The molecule has 118 valence electrons. The highest BCUT2D eigenvalue weighted by Crippen LogP contribution is 2.28. The summed E-state index contributed by atoms with van der Waals surface area (Å²) in [5, 5.41) is 10.8. The zero-order chi connectivity index (χ0) is 17.3. The van der Waals surface area contributed by atoms with E-state index < -0.39 is 0 Å². The number of hydrogen-bond acceptors (Lipinski definition) is 2. The molecule has 3 rings (SSSR count). The first-order chi connectivity index (χ1) is 11.5. The molecule has 5 heteroatoms. The van der Waals surface area contributed by atoms with Gasteiger partial charge in [-0.05, 0) is 48.9 Å². The Kier molecular flexibility index (Phi) is 4.44. The standard InChI is InChI=1S/C19H12Cl2N2O/c1-12-10-18(24)23(16-8-6-15(21)7-9-16)19(17(12)11-22)13-2-4-14(20)5-3-13/h2-10H,1H3. The molecule has 0 fully saturated rings. The molecule has 2 aromatic carbocycles. The van der Waals surface area contributed by atoms with Gasteiger partial charge < -0.3 is 0 Å². The van der Waals surface area contributed by atoms with Gasteiger partial charge in [0.25, 0.3) is 5.56 Å². The quantitative estimate of drug-likeness (QED) is 0.650. The third-order valence-electron chi connectivity index (χ3n) is 3.73. The minimum absolute atomic E-state index is 0.209. The van der Waals surface area contributed by atoms with Gasteiger partial charge in [0.15, 0.2) is 0 Å². The molecule has 24 heavy (non-hydrogen) atoms. The maximum atomic E-state index is 12.6. The van der Waals surface area contributed by atoms with Gasteiger partial charge in [0.05, 0.1) is 11.3 Å². The van der Waals surface area contributed by atoms with Crippen LogP contribution in [0.5, 0.6) is 0 Å². The minimum Gasteiger partial charge on any atom is -0.276 e. The van der Waals surface area contributed by atoms with Crippen molar-refractivity contribution < 1.29 is 0 Å². The number of aromatic nitrogens is 1. The maximum absolute atomic E-state index is 12.6. The maximum Gasteiger partial charge on any atom is 0.255 e. The van der Waals surface area contributed by atoms with E-state index in [2.05, 4.69) is 6.07 Å². The van der Waals surface area contributed by atoms with Gasteiger partial charge in [-0.3, -0.25) is 9.36 Å². The summed E-state index contributed by atoms with van der Waals surface area (Å²) in [7, 11) is 0. The first kappa shape index (κ1) is 16.3. The van der Waals surface area contributed by atoms with Crippen molar-refractivity contribution in [3.8, 4) is 23.0 Å². The van der Waals surface area contributed by atoms with E-state index in [9.17, 15) is 10.1 Å². The van der Waals surface area contributed by atoms with E-state index in [0.717, 1.165) is 5.56 Å². The van der Waals surface area contributed by atoms with E-state index in [-0.39, 0.29) is 5.56 Å². The van der Waals surface area contributed by atoms with Crippen LogP contribution in [0.2, 0.25) is 10.0 Å². The highest BCUT2D eigenvalue weighted by atomic mass is 35.5. The van der Waals surface area contributed by atoms with Gasteiger partial charge >= 0.3 is 0 Å². The molecular formula is C19H12Cl2N2O. The number of rotatable bonds is 2. The van der Waals surface area contributed by atoms with Crippen LogP contribution >= 0.6 is 23.2 Å². The molecule has 0 unspecified atom stereocenters. The van der Waals surface area contributed by atoms with Crippen LogP contribution in [0.3, 0.4) is 0 Å². The number of aryl methyl sites for hydroxylation is 1. The van der Waals surface area contributed by atoms with Crippen molar-refractivity contribution in [2.45, 2.75) is 6.92 Å². The average Bonchev–Trinajstić information content (AvgIpc) is 2.56. The average molecular weight is 355 g/mol. The normalized spacial score (nSPS) is 10.4. The van der Waals surface area contributed by atoms with Gasteiger partial charge in [0, 0.05) is 27.4 Å². The van der Waals surface area contributed by atoms with Gasteiger partial charge in [-0.15, -0.1) is 0 Å². The van der Waals surface area contributed by atoms with Crippen LogP contribution in [0.15, 0.2) is 59.4 Å². The molecule has 0 amide bonds. The summed E-state index contributed by atoms with van der Waals surface area (Å²) in [4.78, 5) is 12.6. The lowest BCUT2D eigenvalue weighted by atomic mass is 10.0. The monoisotopic (exact) mass is 354 g/mol. The fraction of sp³-hybridized carbons (Fsp3) is 0.0526. The molecule has 0 aliphatic carbocycles. The van der Waals surface area contributed by atoms with Crippen LogP contribution in [-0.4, -0.2) is 4.57 Å². The molecule has 0 N–H and O–H groups in total. The minimum atomic E-state index is -0.209. The van der Waals surface area contributed by atoms with Crippen LogP contribution in [-0.2, 0) is 0 Å². The third-order valence-corrected chi connectivity index (χ3v) is 4.23. The molecule has 1 aromatic heterocycles. The van der Waals surface area contributed by atoms with Crippen molar-refractivity contribution in [3.05, 3.63) is 86.1 Å². The second-order valence-electron chi connectivity index (χ2n) is 5.32. The lowest BCUT2D eigenvalue weighted by Gasteiger charge is -2.16. The number of hydrogen-bond donors (Lipinski definition) is 0. The smallest absolute Gasteiger partial charge is 0.255 e. The Hall–Kier alpha value is -2.54. The lowest BCUT2D eigenvalue weighted by Crippen LogP contribution is -2.21. The molecule has 0 bridgehead atoms. The van der Waals surface area contributed by atoms with Gasteiger partial charge in [0.1, 0.15) is 6.07 Å². The summed E-state index contributed by atoms with van der Waals surface area (Å²) in [6.45, 7) is 1.76. The molecule has 0 radical (unpaired) electrons. The van der Waals surface area contributed by atoms with Crippen LogP contribution in [0.4, 0.5) is 0 Å². The molecule has 0 saturated carbocycles. The first-order valence-electron chi connectivity index (χ1n) is 7.20. The fourth-order valence-electron chi connectivity index (χ4n) is 2.60. The topological polar surface area (TPSA) is 45.8 Å². The molecule has 3 aromatic rings. The number of halogens is 2. The van der Waals surface area contributed by atoms with Crippen molar-refractivity contribution in [3.63, 3.8) is 0 Å². The first-order valence-corrected chi connectivity index (χ1v) is 7.95. The predicted molar refractivity (Wildman–Crippen MR) is 96.9 cm³/mol. The van der Waals surface area contributed by atoms with E-state index in [1.165, 1.54) is 10.6 Å². The van der Waals surface area contributed by atoms with Crippen molar-refractivity contribution in [1.29, 1.82) is 5.26 Å². The molecule has 3 nitrogen and oxygen atoms in total. The van der Waals surface area contributed by atoms with Crippen LogP contribution in [0.25, 0.3) is 16.9 Å². The number of pyridine rings is 1. The van der Waals surface area contributed by atoms with Gasteiger partial charge in [-0.2, -0.15) is 5.26 Å². The predicted octanol–water partition coefficient (Wildman–Crippen LogP) is 4.99. The van der Waals surface area contributed by atoms with E-state index in [0.29, 0.717) is 32.6 Å². The van der Waals surface area contributed by atoms with Gasteiger partial charge in [0.2, 0.25) is 0 Å². The molecule has 0 aliphatic heterocycles. The van der Waals surface area contributed by atoms with Gasteiger partial charge in [-0.25, -0.2) is 0 Å². The largest absolute Gasteiger partial charge is 0.276 e. The van der Waals surface area contributed by atoms with Crippen molar-refractivity contribution in [2.24, 2.45) is 0 Å². The number of nitrogens with zero attached hydrogens (tertiary/aromatic N) is 2. The summed E-state index contributed by atoms with van der Waals surface area (Å²) >= 11 is 11.9. The summed E-state index contributed by atoms with van der Waals surface area (Å²) in [6.07, 6.45) is 0. The molecule has 0 saturated heterocycles.